The molecule has 10 heteroatoms. The monoisotopic (exact) mass is 623 g/mol. The summed E-state index contributed by atoms with van der Waals surface area (Å²) in [5.41, 5.74) is 2.94. The molecular formula is C36H41N5O5. The molecule has 1 aliphatic rings. The van der Waals surface area contributed by atoms with E-state index in [0.29, 0.717) is 25.1 Å². The van der Waals surface area contributed by atoms with Crippen molar-refractivity contribution in [2.75, 3.05) is 11.9 Å². The van der Waals surface area contributed by atoms with Gasteiger partial charge in [-0.15, -0.1) is 0 Å². The molecule has 240 valence electrons. The number of ether oxygens (including phenoxy) is 1. The number of carbonyl (C=O) groups excluding carboxylic acids is 4. The van der Waals surface area contributed by atoms with E-state index in [1.807, 2.05) is 72.9 Å². The number of nitrogens with one attached hydrogen (secondary N) is 4. The first-order valence-electron chi connectivity index (χ1n) is 15.4. The predicted molar refractivity (Wildman–Crippen MR) is 177 cm³/mol. The second kappa shape index (κ2) is 13.1. The number of H-pyrrole nitrogens is 1. The van der Waals surface area contributed by atoms with Crippen LogP contribution in [-0.2, 0) is 33.7 Å². The lowest BCUT2D eigenvalue weighted by molar-refractivity contribution is -0.138. The minimum Gasteiger partial charge on any atom is -0.444 e. The van der Waals surface area contributed by atoms with Crippen molar-refractivity contribution in [1.29, 1.82) is 0 Å². The van der Waals surface area contributed by atoms with Gasteiger partial charge in [-0.25, -0.2) is 4.79 Å². The lowest BCUT2D eigenvalue weighted by Crippen LogP contribution is -2.60. The van der Waals surface area contributed by atoms with Crippen LogP contribution in [0.5, 0.6) is 0 Å². The summed E-state index contributed by atoms with van der Waals surface area (Å²) in [4.78, 5) is 58.1. The van der Waals surface area contributed by atoms with Crippen molar-refractivity contribution in [1.82, 2.24) is 20.5 Å². The average molecular weight is 624 g/mol. The summed E-state index contributed by atoms with van der Waals surface area (Å²) in [6.07, 6.45) is 1.94. The Bertz CT molecular complexity index is 1760. The Morgan fingerprint density at radius 1 is 0.913 bits per heavy atom. The van der Waals surface area contributed by atoms with Crippen molar-refractivity contribution in [2.45, 2.75) is 71.2 Å². The topological polar surface area (TPSA) is 133 Å². The van der Waals surface area contributed by atoms with E-state index in [0.717, 1.165) is 33.3 Å². The van der Waals surface area contributed by atoms with Crippen molar-refractivity contribution in [3.63, 3.8) is 0 Å². The number of anilines is 1. The molecule has 4 aromatic rings. The number of aromatic amines is 1. The van der Waals surface area contributed by atoms with Crippen LogP contribution in [0.25, 0.3) is 10.9 Å². The Labute approximate surface area is 268 Å². The lowest BCUT2D eigenvalue weighted by atomic mass is 9.95. The van der Waals surface area contributed by atoms with Gasteiger partial charge in [0.15, 0.2) is 0 Å². The quantitative estimate of drug-likeness (QED) is 0.211. The van der Waals surface area contributed by atoms with E-state index in [1.165, 1.54) is 0 Å². The van der Waals surface area contributed by atoms with Crippen molar-refractivity contribution in [3.8, 4) is 0 Å². The molecule has 1 atom stereocenters. The van der Waals surface area contributed by atoms with Crippen molar-refractivity contribution < 1.29 is 23.9 Å². The molecule has 5 rings (SSSR count). The van der Waals surface area contributed by atoms with Gasteiger partial charge in [0, 0.05) is 47.9 Å². The first kappa shape index (κ1) is 32.3. The number of hydrogen-bond acceptors (Lipinski definition) is 5. The third-order valence-electron chi connectivity index (χ3n) is 7.91. The molecule has 2 heterocycles. The molecule has 0 fully saturated rings. The average Bonchev–Trinajstić information content (AvgIpc) is 3.41. The van der Waals surface area contributed by atoms with Crippen LogP contribution in [0, 0.1) is 0 Å². The molecule has 0 aliphatic carbocycles. The fourth-order valence-corrected chi connectivity index (χ4v) is 5.50. The van der Waals surface area contributed by atoms with Gasteiger partial charge in [0.1, 0.15) is 17.2 Å². The van der Waals surface area contributed by atoms with Gasteiger partial charge in [-0.3, -0.25) is 14.4 Å². The van der Waals surface area contributed by atoms with E-state index in [-0.39, 0.29) is 18.2 Å². The maximum atomic E-state index is 14.1. The molecule has 46 heavy (non-hydrogen) atoms. The van der Waals surface area contributed by atoms with Gasteiger partial charge in [-0.1, -0.05) is 42.5 Å². The first-order chi connectivity index (χ1) is 21.8. The second-order valence-electron chi connectivity index (χ2n) is 13.2. The minimum absolute atomic E-state index is 0.198. The summed E-state index contributed by atoms with van der Waals surface area (Å²) in [6.45, 7) is 9.14. The molecule has 0 saturated heterocycles. The van der Waals surface area contributed by atoms with Gasteiger partial charge in [0.25, 0.3) is 5.91 Å². The summed E-state index contributed by atoms with van der Waals surface area (Å²) in [6, 6.07) is 21.7. The Morgan fingerprint density at radius 2 is 1.63 bits per heavy atom. The number of para-hydroxylation sites is 2. The van der Waals surface area contributed by atoms with Crippen LogP contribution in [0.15, 0.2) is 79.0 Å². The number of fused-ring (bicyclic) bond motifs is 2. The van der Waals surface area contributed by atoms with Crippen molar-refractivity contribution in [3.05, 3.63) is 101 Å². The number of carbonyl (C=O) groups is 4. The number of benzene rings is 3. The maximum absolute atomic E-state index is 14.1. The molecule has 0 radical (unpaired) electrons. The highest BCUT2D eigenvalue weighted by Gasteiger charge is 2.36. The number of amides is 4. The Hall–Kier alpha value is -5.12. The van der Waals surface area contributed by atoms with Gasteiger partial charge < -0.3 is 30.6 Å². The molecule has 1 unspecified atom stereocenters. The Morgan fingerprint density at radius 3 is 2.37 bits per heavy atom. The zero-order valence-electron chi connectivity index (χ0n) is 26.9. The minimum atomic E-state index is -1.35. The van der Waals surface area contributed by atoms with Crippen molar-refractivity contribution in [2.24, 2.45) is 0 Å². The fourth-order valence-electron chi connectivity index (χ4n) is 5.50. The molecular weight excluding hydrogens is 582 g/mol. The third kappa shape index (κ3) is 7.74. The van der Waals surface area contributed by atoms with Gasteiger partial charge >= 0.3 is 6.09 Å². The highest BCUT2D eigenvalue weighted by atomic mass is 16.6. The normalized spacial score (nSPS) is 13.8. The van der Waals surface area contributed by atoms with E-state index in [4.69, 9.17) is 4.74 Å². The molecule has 4 amide bonds. The highest BCUT2D eigenvalue weighted by molar-refractivity contribution is 6.04. The summed E-state index contributed by atoms with van der Waals surface area (Å²) in [7, 11) is 0. The van der Waals surface area contributed by atoms with Gasteiger partial charge in [0.2, 0.25) is 11.8 Å². The van der Waals surface area contributed by atoms with E-state index in [1.54, 1.807) is 45.6 Å². The van der Waals surface area contributed by atoms with Crippen LogP contribution in [0.2, 0.25) is 0 Å². The molecule has 1 aromatic heterocycles. The summed E-state index contributed by atoms with van der Waals surface area (Å²) < 4.78 is 5.36. The summed E-state index contributed by atoms with van der Waals surface area (Å²) >= 11 is 0. The molecule has 0 bridgehead atoms. The Balaban J connectivity index is 1.33. The molecule has 4 N–H and O–H groups in total. The summed E-state index contributed by atoms with van der Waals surface area (Å²) in [5.74, 6) is -0.942. The number of aromatic nitrogens is 1. The van der Waals surface area contributed by atoms with E-state index < -0.39 is 29.2 Å². The van der Waals surface area contributed by atoms with Gasteiger partial charge in [-0.2, -0.15) is 0 Å². The van der Waals surface area contributed by atoms with E-state index in [2.05, 4.69) is 20.9 Å². The van der Waals surface area contributed by atoms with Crippen molar-refractivity contribution >= 4 is 40.4 Å². The van der Waals surface area contributed by atoms with Crippen LogP contribution in [-0.4, -0.2) is 57.4 Å². The maximum Gasteiger partial charge on any atom is 0.408 e. The highest BCUT2D eigenvalue weighted by Crippen LogP contribution is 2.24. The predicted octanol–water partition coefficient (Wildman–Crippen LogP) is 5.34. The zero-order valence-corrected chi connectivity index (χ0v) is 26.9. The van der Waals surface area contributed by atoms with Gasteiger partial charge in [0.05, 0.1) is 0 Å². The van der Waals surface area contributed by atoms with E-state index >= 15 is 0 Å². The smallest absolute Gasteiger partial charge is 0.408 e. The molecule has 3 aromatic carbocycles. The molecule has 10 nitrogen and oxygen atoms in total. The largest absolute Gasteiger partial charge is 0.444 e. The van der Waals surface area contributed by atoms with Crippen LogP contribution < -0.4 is 16.0 Å². The first-order valence-corrected chi connectivity index (χ1v) is 15.4. The number of hydrogen-bond donors (Lipinski definition) is 4. The number of rotatable bonds is 8. The van der Waals surface area contributed by atoms with Crippen LogP contribution in [0.3, 0.4) is 0 Å². The van der Waals surface area contributed by atoms with Crippen LogP contribution in [0.1, 0.15) is 61.7 Å². The SMILES string of the molecule is CC(C)(C)OC(=O)NC(C)(C)C(=O)NC(Cc1c[nH]c2ccccc12)C(=O)N1CCc2cc(C(=O)Nc3ccccc3)ccc2C1. The number of nitrogens with zero attached hydrogens (tertiary/aromatic N) is 1. The third-order valence-corrected chi connectivity index (χ3v) is 7.91. The second-order valence-corrected chi connectivity index (χ2v) is 13.2. The molecule has 0 spiro atoms. The lowest BCUT2D eigenvalue weighted by Gasteiger charge is -2.34. The molecule has 1 aliphatic heterocycles. The Kier molecular flexibility index (Phi) is 9.18. The van der Waals surface area contributed by atoms with Crippen LogP contribution >= 0.6 is 0 Å². The number of alkyl carbamates (subject to hydrolysis) is 1. The zero-order chi connectivity index (χ0) is 33.1. The standard InChI is InChI=1S/C36H41N5O5/c1-35(2,3)46-34(45)40-36(4,5)33(44)39-30(20-26-21-37-29-14-10-9-13-28(26)29)32(43)41-18-17-23-19-24(15-16-25(23)22-41)31(42)38-27-11-7-6-8-12-27/h6-16,19,21,30,37H,17-18,20,22H2,1-5H3,(H,38,42)(H,39,44)(H,40,45). The van der Waals surface area contributed by atoms with E-state index in [9.17, 15) is 19.2 Å². The van der Waals surface area contributed by atoms with Crippen LogP contribution in [0.4, 0.5) is 10.5 Å². The summed E-state index contributed by atoms with van der Waals surface area (Å²) in [5, 5.41) is 9.44. The fraction of sp³-hybridized carbons (Fsp3) is 0.333. The van der Waals surface area contributed by atoms with Gasteiger partial charge in [-0.05, 0) is 88.1 Å². The molecule has 0 saturated carbocycles.